The fourth-order valence-electron chi connectivity index (χ4n) is 1.99. The highest BCUT2D eigenvalue weighted by Gasteiger charge is 2.25. The Balaban J connectivity index is 1.97. The van der Waals surface area contributed by atoms with Crippen LogP contribution in [0.2, 0.25) is 0 Å². The maximum atomic E-state index is 12.3. The summed E-state index contributed by atoms with van der Waals surface area (Å²) in [6, 6.07) is 9.48. The normalized spacial score (nSPS) is 11.8. The minimum Gasteiger partial charge on any atom is -0.360 e. The average Bonchev–Trinajstić information content (AvgIpc) is 2.90. The van der Waals surface area contributed by atoms with Crippen LogP contribution in [-0.2, 0) is 4.79 Å². The number of carbonyl (C=O) groups is 2. The van der Waals surface area contributed by atoms with E-state index in [0.717, 1.165) is 0 Å². The molecule has 0 unspecified atom stereocenters. The summed E-state index contributed by atoms with van der Waals surface area (Å²) < 4.78 is 4.90. The molecule has 2 aromatic rings. The third-order valence-corrected chi connectivity index (χ3v) is 3.15. The van der Waals surface area contributed by atoms with Gasteiger partial charge in [-0.25, -0.2) is 4.79 Å². The van der Waals surface area contributed by atoms with Crippen molar-refractivity contribution in [2.75, 3.05) is 10.6 Å². The van der Waals surface area contributed by atoms with Gasteiger partial charge in [-0.1, -0.05) is 37.2 Å². The fraction of sp³-hybridized carbons (Fsp3) is 0.312. The van der Waals surface area contributed by atoms with Crippen molar-refractivity contribution in [3.05, 3.63) is 42.2 Å². The van der Waals surface area contributed by atoms with Gasteiger partial charge >= 0.3 is 6.03 Å². The molecule has 0 aliphatic carbocycles. The smallest absolute Gasteiger partial charge is 0.319 e. The second-order valence-electron chi connectivity index (χ2n) is 5.50. The van der Waals surface area contributed by atoms with Gasteiger partial charge < -0.3 is 20.5 Å². The van der Waals surface area contributed by atoms with E-state index >= 15 is 0 Å². The monoisotopic (exact) mass is 316 g/mol. The van der Waals surface area contributed by atoms with Gasteiger partial charge in [0.15, 0.2) is 5.82 Å². The molecule has 0 bridgehead atoms. The van der Waals surface area contributed by atoms with E-state index in [2.05, 4.69) is 21.1 Å². The molecule has 0 saturated heterocycles. The Morgan fingerprint density at radius 1 is 1.13 bits per heavy atom. The largest absolute Gasteiger partial charge is 0.360 e. The predicted molar refractivity (Wildman–Crippen MR) is 87.1 cm³/mol. The van der Waals surface area contributed by atoms with Crippen molar-refractivity contribution in [1.29, 1.82) is 0 Å². The number of benzene rings is 1. The summed E-state index contributed by atoms with van der Waals surface area (Å²) in [6.45, 7) is 5.43. The van der Waals surface area contributed by atoms with E-state index in [4.69, 9.17) is 4.52 Å². The third-order valence-electron chi connectivity index (χ3n) is 3.15. The SMILES string of the molecule is Cc1cc(NC(=O)[C@@H](NC(=O)Nc2ccccc2)C(C)C)no1. The molecule has 1 heterocycles. The van der Waals surface area contributed by atoms with E-state index in [1.165, 1.54) is 0 Å². The molecule has 1 aromatic heterocycles. The van der Waals surface area contributed by atoms with Crippen molar-refractivity contribution in [3.63, 3.8) is 0 Å². The molecular formula is C16H20N4O3. The van der Waals surface area contributed by atoms with Crippen LogP contribution >= 0.6 is 0 Å². The predicted octanol–water partition coefficient (Wildman–Crippen LogP) is 2.77. The molecule has 0 spiro atoms. The number of aromatic nitrogens is 1. The fourth-order valence-corrected chi connectivity index (χ4v) is 1.99. The molecule has 3 amide bonds. The Hall–Kier alpha value is -2.83. The van der Waals surface area contributed by atoms with E-state index in [1.807, 2.05) is 32.0 Å². The van der Waals surface area contributed by atoms with Gasteiger partial charge in [0.25, 0.3) is 0 Å². The van der Waals surface area contributed by atoms with Crippen LogP contribution in [-0.4, -0.2) is 23.1 Å². The zero-order chi connectivity index (χ0) is 16.8. The molecule has 0 radical (unpaired) electrons. The van der Waals surface area contributed by atoms with E-state index in [0.29, 0.717) is 17.3 Å². The summed E-state index contributed by atoms with van der Waals surface area (Å²) in [7, 11) is 0. The van der Waals surface area contributed by atoms with Crippen LogP contribution in [0.15, 0.2) is 40.9 Å². The highest BCUT2D eigenvalue weighted by Crippen LogP contribution is 2.11. The highest BCUT2D eigenvalue weighted by atomic mass is 16.5. The van der Waals surface area contributed by atoms with Crippen molar-refractivity contribution in [1.82, 2.24) is 10.5 Å². The van der Waals surface area contributed by atoms with Gasteiger partial charge in [0.1, 0.15) is 11.8 Å². The van der Waals surface area contributed by atoms with Crippen LogP contribution in [0.1, 0.15) is 19.6 Å². The molecule has 3 N–H and O–H groups in total. The summed E-state index contributed by atoms with van der Waals surface area (Å²) in [5, 5.41) is 11.7. The lowest BCUT2D eigenvalue weighted by molar-refractivity contribution is -0.118. The first-order valence-corrected chi connectivity index (χ1v) is 7.32. The molecular weight excluding hydrogens is 296 g/mol. The maximum absolute atomic E-state index is 12.3. The Morgan fingerprint density at radius 2 is 1.83 bits per heavy atom. The van der Waals surface area contributed by atoms with Gasteiger partial charge in [-0.05, 0) is 25.0 Å². The zero-order valence-corrected chi connectivity index (χ0v) is 13.3. The van der Waals surface area contributed by atoms with Gasteiger partial charge in [0, 0.05) is 11.8 Å². The van der Waals surface area contributed by atoms with Crippen LogP contribution in [0, 0.1) is 12.8 Å². The minimum atomic E-state index is -0.698. The van der Waals surface area contributed by atoms with Crippen LogP contribution < -0.4 is 16.0 Å². The molecule has 0 aliphatic heterocycles. The number of hydrogen-bond donors (Lipinski definition) is 3. The summed E-state index contributed by atoms with van der Waals surface area (Å²) in [5.41, 5.74) is 0.653. The maximum Gasteiger partial charge on any atom is 0.319 e. The number of urea groups is 1. The number of nitrogens with one attached hydrogen (secondary N) is 3. The van der Waals surface area contributed by atoms with Gasteiger partial charge in [-0.2, -0.15) is 0 Å². The van der Waals surface area contributed by atoms with Crippen molar-refractivity contribution in [2.24, 2.45) is 5.92 Å². The topological polar surface area (TPSA) is 96.3 Å². The molecule has 1 atom stereocenters. The van der Waals surface area contributed by atoms with E-state index in [9.17, 15) is 9.59 Å². The van der Waals surface area contributed by atoms with Gasteiger partial charge in [-0.3, -0.25) is 4.79 Å². The molecule has 23 heavy (non-hydrogen) atoms. The number of rotatable bonds is 5. The van der Waals surface area contributed by atoms with Gasteiger partial charge in [0.05, 0.1) is 0 Å². The Bertz CT molecular complexity index is 667. The summed E-state index contributed by atoms with van der Waals surface area (Å²) >= 11 is 0. The zero-order valence-electron chi connectivity index (χ0n) is 13.3. The Kier molecular flexibility index (Phi) is 5.35. The summed E-state index contributed by atoms with van der Waals surface area (Å²) in [5.74, 6) is 0.473. The van der Waals surface area contributed by atoms with E-state index in [-0.39, 0.29) is 11.8 Å². The van der Waals surface area contributed by atoms with Crippen molar-refractivity contribution in [2.45, 2.75) is 26.8 Å². The number of nitrogens with zero attached hydrogens (tertiary/aromatic N) is 1. The molecule has 2 rings (SSSR count). The lowest BCUT2D eigenvalue weighted by Crippen LogP contribution is -2.48. The molecule has 122 valence electrons. The summed E-state index contributed by atoms with van der Waals surface area (Å²) in [6.07, 6.45) is 0. The van der Waals surface area contributed by atoms with Crippen molar-refractivity contribution >= 4 is 23.4 Å². The standard InChI is InChI=1S/C16H20N4O3/c1-10(2)14(15(21)18-13-9-11(3)23-20-13)19-16(22)17-12-7-5-4-6-8-12/h4-10,14H,1-3H3,(H2,17,19,22)(H,18,20,21)/t14-/m0/s1. The van der Waals surface area contributed by atoms with E-state index in [1.54, 1.807) is 25.1 Å². The lowest BCUT2D eigenvalue weighted by Gasteiger charge is -2.21. The van der Waals surface area contributed by atoms with Crippen LogP contribution in [0.5, 0.6) is 0 Å². The first-order chi connectivity index (χ1) is 11.0. The first-order valence-electron chi connectivity index (χ1n) is 7.32. The third kappa shape index (κ3) is 4.84. The number of carbonyl (C=O) groups excluding carboxylic acids is 2. The summed E-state index contributed by atoms with van der Waals surface area (Å²) in [4.78, 5) is 24.4. The molecule has 0 fully saturated rings. The van der Waals surface area contributed by atoms with Crippen LogP contribution in [0.4, 0.5) is 16.3 Å². The number of aryl methyl sites for hydroxylation is 1. The Morgan fingerprint density at radius 3 is 2.39 bits per heavy atom. The highest BCUT2D eigenvalue weighted by molar-refractivity contribution is 5.98. The number of hydrogen-bond acceptors (Lipinski definition) is 4. The first kappa shape index (κ1) is 16.5. The van der Waals surface area contributed by atoms with Gasteiger partial charge in [-0.15, -0.1) is 0 Å². The minimum absolute atomic E-state index is 0.0930. The number of anilines is 2. The number of amides is 3. The Labute approximate surface area is 134 Å². The van der Waals surface area contributed by atoms with Crippen LogP contribution in [0.25, 0.3) is 0 Å². The molecule has 0 aliphatic rings. The van der Waals surface area contributed by atoms with Crippen molar-refractivity contribution in [3.8, 4) is 0 Å². The molecule has 7 nitrogen and oxygen atoms in total. The van der Waals surface area contributed by atoms with Crippen LogP contribution in [0.3, 0.4) is 0 Å². The average molecular weight is 316 g/mol. The lowest BCUT2D eigenvalue weighted by atomic mass is 10.0. The quantitative estimate of drug-likeness (QED) is 0.790. The molecule has 1 aromatic carbocycles. The molecule has 7 heteroatoms. The number of para-hydroxylation sites is 1. The molecule has 0 saturated carbocycles. The van der Waals surface area contributed by atoms with Crippen molar-refractivity contribution < 1.29 is 14.1 Å². The second-order valence-corrected chi connectivity index (χ2v) is 5.50. The van der Waals surface area contributed by atoms with E-state index < -0.39 is 12.1 Å². The second kappa shape index (κ2) is 7.44. The van der Waals surface area contributed by atoms with Gasteiger partial charge in [0.2, 0.25) is 5.91 Å².